The number of aliphatic carboxylic acids is 1. The molecule has 2 aliphatic carbocycles. The number of benzene rings is 1. The molecule has 24 heavy (non-hydrogen) atoms. The van der Waals surface area contributed by atoms with Crippen molar-refractivity contribution in [2.24, 2.45) is 11.8 Å². The van der Waals surface area contributed by atoms with Crippen molar-refractivity contribution in [2.75, 3.05) is 0 Å². The van der Waals surface area contributed by atoms with Gasteiger partial charge in [0.05, 0.1) is 0 Å². The maximum Gasteiger partial charge on any atom is 0.411 e. The van der Waals surface area contributed by atoms with E-state index in [-0.39, 0.29) is 12.6 Å². The number of hydrogen-bond donors (Lipinski definition) is 1. The first-order chi connectivity index (χ1) is 11.4. The van der Waals surface area contributed by atoms with Crippen LogP contribution in [0.1, 0.15) is 45.1 Å². The molecule has 130 valence electrons. The van der Waals surface area contributed by atoms with Gasteiger partial charge in [0.15, 0.2) is 0 Å². The smallest absolute Gasteiger partial charge is 0.411 e. The summed E-state index contributed by atoms with van der Waals surface area (Å²) in [4.78, 5) is 26.2. The molecule has 0 heterocycles. The third kappa shape index (κ3) is 3.12. The Morgan fingerprint density at radius 3 is 2.38 bits per heavy atom. The highest BCUT2D eigenvalue weighted by atomic mass is 16.6. The molecule has 0 spiro atoms. The van der Waals surface area contributed by atoms with Crippen molar-refractivity contribution in [1.29, 1.82) is 0 Å². The Balaban J connectivity index is 1.71. The molecule has 3 rings (SSSR count). The lowest BCUT2D eigenvalue weighted by molar-refractivity contribution is -0.163. The second-order valence-electron chi connectivity index (χ2n) is 7.39. The van der Waals surface area contributed by atoms with E-state index in [2.05, 4.69) is 13.8 Å². The number of carbonyl (C=O) groups is 2. The fourth-order valence-corrected chi connectivity index (χ4v) is 3.55. The van der Waals surface area contributed by atoms with Crippen LogP contribution < -0.4 is 0 Å². The highest BCUT2D eigenvalue weighted by Crippen LogP contribution is 2.50. The molecule has 0 unspecified atom stereocenters. The van der Waals surface area contributed by atoms with E-state index in [1.54, 1.807) is 0 Å². The van der Waals surface area contributed by atoms with E-state index in [0.717, 1.165) is 18.4 Å². The van der Waals surface area contributed by atoms with E-state index in [9.17, 15) is 14.7 Å². The Hall–Kier alpha value is -2.04. The molecule has 2 aliphatic rings. The average Bonchev–Trinajstić information content (AvgIpc) is 3.32. The summed E-state index contributed by atoms with van der Waals surface area (Å²) >= 11 is 0. The summed E-state index contributed by atoms with van der Waals surface area (Å²) in [6.45, 7) is 4.38. The predicted molar refractivity (Wildman–Crippen MR) is 89.4 cm³/mol. The average molecular weight is 331 g/mol. The maximum absolute atomic E-state index is 12.7. The van der Waals surface area contributed by atoms with Crippen LogP contribution in [0, 0.1) is 11.8 Å². The molecule has 0 aromatic heterocycles. The standard InChI is InChI=1S/C19H25NO4/c1-13(2)15-10-19(11-15,17(21)22)20(16-8-9-16)18(23)24-12-14-6-4-3-5-7-14/h3-7,13,15-16H,8-12H2,1-2H3,(H,21,22). The number of amides is 1. The zero-order chi connectivity index (χ0) is 17.3. The van der Waals surface area contributed by atoms with E-state index >= 15 is 0 Å². The SMILES string of the molecule is CC(C)C1CC(C(=O)O)(N(C(=O)OCc2ccccc2)C2CC2)C1. The summed E-state index contributed by atoms with van der Waals surface area (Å²) in [5, 5.41) is 9.82. The van der Waals surface area contributed by atoms with Crippen LogP contribution in [0.3, 0.4) is 0 Å². The second kappa shape index (κ2) is 6.46. The number of nitrogens with zero attached hydrogens (tertiary/aromatic N) is 1. The molecule has 1 aromatic carbocycles. The van der Waals surface area contributed by atoms with Gasteiger partial charge in [-0.25, -0.2) is 9.59 Å². The molecule has 5 nitrogen and oxygen atoms in total. The van der Waals surface area contributed by atoms with Gasteiger partial charge in [-0.1, -0.05) is 44.2 Å². The number of hydrogen-bond acceptors (Lipinski definition) is 3. The minimum absolute atomic E-state index is 0.0116. The van der Waals surface area contributed by atoms with E-state index in [1.807, 2.05) is 30.3 Å². The van der Waals surface area contributed by atoms with E-state index in [0.29, 0.717) is 24.7 Å². The first-order valence-corrected chi connectivity index (χ1v) is 8.67. The topological polar surface area (TPSA) is 66.8 Å². The summed E-state index contributed by atoms with van der Waals surface area (Å²) < 4.78 is 5.44. The van der Waals surface area contributed by atoms with Crippen molar-refractivity contribution in [2.45, 2.75) is 57.7 Å². The molecule has 1 N–H and O–H groups in total. The van der Waals surface area contributed by atoms with Crippen LogP contribution in [0.4, 0.5) is 4.79 Å². The quantitative estimate of drug-likeness (QED) is 0.863. The highest BCUT2D eigenvalue weighted by Gasteiger charge is 2.60. The van der Waals surface area contributed by atoms with Crippen molar-refractivity contribution in [1.82, 2.24) is 4.90 Å². The molecule has 0 atom stereocenters. The summed E-state index contributed by atoms with van der Waals surface area (Å²) in [5.74, 6) is -0.119. The van der Waals surface area contributed by atoms with E-state index in [1.165, 1.54) is 4.90 Å². The largest absolute Gasteiger partial charge is 0.479 e. The number of rotatable bonds is 6. The van der Waals surface area contributed by atoms with Gasteiger partial charge in [0.25, 0.3) is 0 Å². The minimum atomic E-state index is -1.08. The van der Waals surface area contributed by atoms with Gasteiger partial charge in [-0.05, 0) is 43.1 Å². The Labute approximate surface area is 142 Å². The number of carbonyl (C=O) groups excluding carboxylic acids is 1. The first kappa shape index (κ1) is 16.8. The Morgan fingerprint density at radius 1 is 1.25 bits per heavy atom. The lowest BCUT2D eigenvalue weighted by Gasteiger charge is -2.52. The highest BCUT2D eigenvalue weighted by molar-refractivity contribution is 5.86. The summed E-state index contributed by atoms with van der Waals surface area (Å²) in [6, 6.07) is 9.47. The van der Waals surface area contributed by atoms with Crippen LogP contribution in [-0.2, 0) is 16.1 Å². The molecule has 2 saturated carbocycles. The van der Waals surface area contributed by atoms with E-state index in [4.69, 9.17) is 4.74 Å². The summed E-state index contributed by atoms with van der Waals surface area (Å²) in [5.41, 5.74) is -0.177. The monoisotopic (exact) mass is 331 g/mol. The zero-order valence-electron chi connectivity index (χ0n) is 14.3. The minimum Gasteiger partial charge on any atom is -0.479 e. The van der Waals surface area contributed by atoms with E-state index < -0.39 is 17.6 Å². The van der Waals surface area contributed by atoms with Crippen molar-refractivity contribution in [3.05, 3.63) is 35.9 Å². The van der Waals surface area contributed by atoms with Gasteiger partial charge in [-0.15, -0.1) is 0 Å². The molecule has 1 aromatic rings. The zero-order valence-corrected chi connectivity index (χ0v) is 14.3. The van der Waals surface area contributed by atoms with Gasteiger partial charge in [-0.3, -0.25) is 4.90 Å². The van der Waals surface area contributed by atoms with Gasteiger partial charge >= 0.3 is 12.1 Å². The van der Waals surface area contributed by atoms with Crippen LogP contribution in [0.15, 0.2) is 30.3 Å². The van der Waals surface area contributed by atoms with Crippen LogP contribution in [0.2, 0.25) is 0 Å². The molecular formula is C19H25NO4. The lowest BCUT2D eigenvalue weighted by Crippen LogP contribution is -2.65. The predicted octanol–water partition coefficient (Wildman–Crippen LogP) is 3.68. The molecule has 0 aliphatic heterocycles. The van der Waals surface area contributed by atoms with Crippen molar-refractivity contribution >= 4 is 12.1 Å². The van der Waals surface area contributed by atoms with Crippen LogP contribution in [0.25, 0.3) is 0 Å². The van der Waals surface area contributed by atoms with Crippen molar-refractivity contribution < 1.29 is 19.4 Å². The Bertz CT molecular complexity index is 603. The maximum atomic E-state index is 12.7. The fraction of sp³-hybridized carbons (Fsp3) is 0.579. The molecule has 0 bridgehead atoms. The van der Waals surface area contributed by atoms with Crippen LogP contribution in [0.5, 0.6) is 0 Å². The lowest BCUT2D eigenvalue weighted by atomic mass is 9.63. The first-order valence-electron chi connectivity index (χ1n) is 8.67. The summed E-state index contributed by atoms with van der Waals surface area (Å²) in [7, 11) is 0. The number of ether oxygens (including phenoxy) is 1. The second-order valence-corrected chi connectivity index (χ2v) is 7.39. The summed E-state index contributed by atoms with van der Waals surface area (Å²) in [6.07, 6.45) is 2.28. The van der Waals surface area contributed by atoms with Gasteiger partial charge in [0.1, 0.15) is 12.1 Å². The third-order valence-corrected chi connectivity index (χ3v) is 5.32. The van der Waals surface area contributed by atoms with Gasteiger partial charge in [0, 0.05) is 6.04 Å². The molecular weight excluding hydrogens is 306 g/mol. The van der Waals surface area contributed by atoms with Gasteiger partial charge in [-0.2, -0.15) is 0 Å². The number of carboxylic acid groups (broad SMARTS) is 1. The van der Waals surface area contributed by atoms with Gasteiger partial charge in [0.2, 0.25) is 0 Å². The van der Waals surface area contributed by atoms with Crippen LogP contribution in [-0.4, -0.2) is 33.6 Å². The molecule has 0 radical (unpaired) electrons. The normalized spacial score (nSPS) is 25.9. The molecule has 5 heteroatoms. The fourth-order valence-electron chi connectivity index (χ4n) is 3.55. The molecule has 0 saturated heterocycles. The molecule has 2 fully saturated rings. The van der Waals surface area contributed by atoms with Crippen molar-refractivity contribution in [3.8, 4) is 0 Å². The van der Waals surface area contributed by atoms with Gasteiger partial charge < -0.3 is 9.84 Å². The third-order valence-electron chi connectivity index (χ3n) is 5.32. The van der Waals surface area contributed by atoms with Crippen molar-refractivity contribution in [3.63, 3.8) is 0 Å². The molecule has 1 amide bonds. The van der Waals surface area contributed by atoms with Crippen LogP contribution >= 0.6 is 0 Å². The number of carboxylic acids is 1. The Morgan fingerprint density at radius 2 is 1.88 bits per heavy atom. The Kier molecular flexibility index (Phi) is 4.52.